The zero-order valence-corrected chi connectivity index (χ0v) is 13.1. The summed E-state index contributed by atoms with van der Waals surface area (Å²) in [5.74, 6) is 0.329. The number of nitrogens with two attached hydrogens (primary N) is 1. The number of aromatic amines is 1. The monoisotopic (exact) mass is 330 g/mol. The van der Waals surface area contributed by atoms with Gasteiger partial charge in [0.1, 0.15) is 17.0 Å². The van der Waals surface area contributed by atoms with Gasteiger partial charge in [-0.25, -0.2) is 9.97 Å². The number of thioether (sulfide) groups is 1. The third-order valence-corrected chi connectivity index (χ3v) is 4.28. The first-order valence-electron chi connectivity index (χ1n) is 6.40. The fourth-order valence-electron chi connectivity index (χ4n) is 2.04. The average Bonchev–Trinajstić information content (AvgIpc) is 2.88. The Morgan fingerprint density at radius 1 is 1.41 bits per heavy atom. The maximum absolute atomic E-state index is 9.11. The first-order chi connectivity index (χ1) is 10.6. The van der Waals surface area contributed by atoms with Crippen molar-refractivity contribution in [2.75, 3.05) is 5.73 Å². The molecule has 0 saturated carbocycles. The van der Waals surface area contributed by atoms with E-state index >= 15 is 0 Å². The Morgan fingerprint density at radius 2 is 2.23 bits per heavy atom. The molecule has 0 aliphatic carbocycles. The molecule has 0 fully saturated rings. The Hall–Kier alpha value is -2.30. The minimum atomic E-state index is -0.0105. The van der Waals surface area contributed by atoms with Crippen LogP contribution in [0.1, 0.15) is 23.4 Å². The highest BCUT2D eigenvalue weighted by Gasteiger charge is 2.14. The van der Waals surface area contributed by atoms with Gasteiger partial charge < -0.3 is 10.7 Å². The standard InChI is InChI=1S/C14H11ClN6S/c1-7(22-14-20-12(15)3-13(17)21-14)10-2-9-8(4-16)5-18-11(9)6-19-10/h2-3,5-7,18H,1H3,(H2,17,20,21). The van der Waals surface area contributed by atoms with Crippen molar-refractivity contribution >= 4 is 40.1 Å². The summed E-state index contributed by atoms with van der Waals surface area (Å²) in [6, 6.07) is 5.55. The summed E-state index contributed by atoms with van der Waals surface area (Å²) in [7, 11) is 0. The van der Waals surface area contributed by atoms with Crippen LogP contribution < -0.4 is 5.73 Å². The summed E-state index contributed by atoms with van der Waals surface area (Å²) >= 11 is 7.29. The molecule has 3 N–H and O–H groups in total. The molecule has 22 heavy (non-hydrogen) atoms. The molecule has 0 aliphatic heterocycles. The quantitative estimate of drug-likeness (QED) is 0.433. The van der Waals surface area contributed by atoms with Crippen molar-refractivity contribution in [2.24, 2.45) is 0 Å². The van der Waals surface area contributed by atoms with Gasteiger partial charge in [0, 0.05) is 17.6 Å². The maximum atomic E-state index is 9.11. The first kappa shape index (κ1) is 14.6. The largest absolute Gasteiger partial charge is 0.384 e. The van der Waals surface area contributed by atoms with Crippen LogP contribution in [0.5, 0.6) is 0 Å². The number of nitriles is 1. The summed E-state index contributed by atoms with van der Waals surface area (Å²) in [4.78, 5) is 15.7. The van der Waals surface area contributed by atoms with Crippen molar-refractivity contribution in [1.82, 2.24) is 19.9 Å². The van der Waals surface area contributed by atoms with E-state index in [2.05, 4.69) is 26.0 Å². The molecular formula is C14H11ClN6S. The summed E-state index contributed by atoms with van der Waals surface area (Å²) in [6.07, 6.45) is 3.39. The molecule has 0 aromatic carbocycles. The van der Waals surface area contributed by atoms with Crippen molar-refractivity contribution in [1.29, 1.82) is 5.26 Å². The number of hydrogen-bond donors (Lipinski definition) is 2. The number of aromatic nitrogens is 4. The van der Waals surface area contributed by atoms with Gasteiger partial charge in [0.2, 0.25) is 0 Å². The van der Waals surface area contributed by atoms with Gasteiger partial charge in [-0.2, -0.15) is 5.26 Å². The van der Waals surface area contributed by atoms with Gasteiger partial charge in [-0.1, -0.05) is 23.4 Å². The minimum absolute atomic E-state index is 0.0105. The fraction of sp³-hybridized carbons (Fsp3) is 0.143. The maximum Gasteiger partial charge on any atom is 0.191 e. The van der Waals surface area contributed by atoms with E-state index in [9.17, 15) is 0 Å². The van der Waals surface area contributed by atoms with Gasteiger partial charge in [0.05, 0.1) is 28.2 Å². The average molecular weight is 331 g/mol. The third kappa shape index (κ3) is 2.84. The second-order valence-corrected chi connectivity index (χ2v) is 6.32. The number of halogens is 1. The molecule has 3 heterocycles. The predicted molar refractivity (Wildman–Crippen MR) is 86.5 cm³/mol. The molecule has 1 atom stereocenters. The molecule has 0 spiro atoms. The Balaban J connectivity index is 1.91. The summed E-state index contributed by atoms with van der Waals surface area (Å²) < 4.78 is 0. The van der Waals surface area contributed by atoms with Crippen LogP contribution in [-0.4, -0.2) is 19.9 Å². The number of pyridine rings is 1. The van der Waals surface area contributed by atoms with E-state index in [1.54, 1.807) is 12.4 Å². The molecule has 0 bridgehead atoms. The zero-order chi connectivity index (χ0) is 15.7. The third-order valence-electron chi connectivity index (χ3n) is 3.10. The SMILES string of the molecule is CC(Sc1nc(N)cc(Cl)n1)c1cc2c(C#N)c[nH]c2cn1. The molecule has 110 valence electrons. The lowest BCUT2D eigenvalue weighted by molar-refractivity contribution is 0.947. The normalized spacial score (nSPS) is 12.2. The lowest BCUT2D eigenvalue weighted by Crippen LogP contribution is -1.98. The van der Waals surface area contributed by atoms with E-state index < -0.39 is 0 Å². The molecule has 6 nitrogen and oxygen atoms in total. The van der Waals surface area contributed by atoms with Crippen LogP contribution in [0.2, 0.25) is 5.15 Å². The number of fused-ring (bicyclic) bond motifs is 1. The number of nitrogens with zero attached hydrogens (tertiary/aromatic N) is 4. The smallest absolute Gasteiger partial charge is 0.191 e. The highest BCUT2D eigenvalue weighted by Crippen LogP contribution is 2.34. The molecule has 1 unspecified atom stereocenters. The topological polar surface area (TPSA) is 104 Å². The van der Waals surface area contributed by atoms with Crippen LogP contribution in [0.25, 0.3) is 10.9 Å². The molecule has 3 aromatic rings. The molecule has 0 saturated heterocycles. The van der Waals surface area contributed by atoms with E-state index in [0.29, 0.717) is 21.7 Å². The van der Waals surface area contributed by atoms with Gasteiger partial charge in [-0.3, -0.25) is 4.98 Å². The molecule has 3 aromatic heterocycles. The molecule has 0 amide bonds. The van der Waals surface area contributed by atoms with Crippen LogP contribution in [-0.2, 0) is 0 Å². The number of nitrogens with one attached hydrogen (secondary N) is 1. The number of anilines is 1. The van der Waals surface area contributed by atoms with Crippen molar-refractivity contribution < 1.29 is 0 Å². The first-order valence-corrected chi connectivity index (χ1v) is 7.66. The lowest BCUT2D eigenvalue weighted by Gasteiger charge is -2.10. The van der Waals surface area contributed by atoms with Crippen molar-refractivity contribution in [2.45, 2.75) is 17.3 Å². The summed E-state index contributed by atoms with van der Waals surface area (Å²) in [5.41, 5.74) is 7.93. The van der Waals surface area contributed by atoms with E-state index in [0.717, 1.165) is 16.6 Å². The van der Waals surface area contributed by atoms with Crippen LogP contribution in [0, 0.1) is 11.3 Å². The minimum Gasteiger partial charge on any atom is -0.384 e. The summed E-state index contributed by atoms with van der Waals surface area (Å²) in [5, 5.41) is 10.8. The van der Waals surface area contributed by atoms with Crippen molar-refractivity contribution in [3.8, 4) is 6.07 Å². The Kier molecular flexibility index (Phi) is 3.88. The molecule has 8 heteroatoms. The van der Waals surface area contributed by atoms with E-state index in [1.165, 1.54) is 17.8 Å². The summed E-state index contributed by atoms with van der Waals surface area (Å²) in [6.45, 7) is 1.98. The predicted octanol–water partition coefficient (Wildman–Crippen LogP) is 3.31. The number of rotatable bonds is 3. The van der Waals surface area contributed by atoms with E-state index in [4.69, 9.17) is 22.6 Å². The Morgan fingerprint density at radius 3 is 2.95 bits per heavy atom. The molecular weight excluding hydrogens is 320 g/mol. The van der Waals surface area contributed by atoms with Gasteiger partial charge in [-0.05, 0) is 13.0 Å². The van der Waals surface area contributed by atoms with Crippen LogP contribution in [0.15, 0.2) is 29.7 Å². The second kappa shape index (κ2) is 5.83. The molecule has 0 radical (unpaired) electrons. The van der Waals surface area contributed by atoms with Gasteiger partial charge in [0.15, 0.2) is 5.16 Å². The van der Waals surface area contributed by atoms with Gasteiger partial charge >= 0.3 is 0 Å². The number of nitrogen functional groups attached to an aromatic ring is 1. The second-order valence-electron chi connectivity index (χ2n) is 4.63. The van der Waals surface area contributed by atoms with Crippen molar-refractivity contribution in [3.63, 3.8) is 0 Å². The van der Waals surface area contributed by atoms with E-state index in [1.807, 2.05) is 13.0 Å². The highest BCUT2D eigenvalue weighted by atomic mass is 35.5. The van der Waals surface area contributed by atoms with E-state index in [-0.39, 0.29) is 5.25 Å². The number of H-pyrrole nitrogens is 1. The zero-order valence-electron chi connectivity index (χ0n) is 11.5. The molecule has 3 rings (SSSR count). The van der Waals surface area contributed by atoms with Crippen LogP contribution in [0.3, 0.4) is 0 Å². The van der Waals surface area contributed by atoms with Crippen LogP contribution in [0.4, 0.5) is 5.82 Å². The fourth-order valence-corrected chi connectivity index (χ4v) is 3.15. The number of hydrogen-bond acceptors (Lipinski definition) is 6. The highest BCUT2D eigenvalue weighted by molar-refractivity contribution is 7.99. The molecule has 0 aliphatic rings. The van der Waals surface area contributed by atoms with Crippen LogP contribution >= 0.6 is 23.4 Å². The lowest BCUT2D eigenvalue weighted by atomic mass is 10.2. The Bertz CT molecular complexity index is 864. The van der Waals surface area contributed by atoms with Gasteiger partial charge in [0.25, 0.3) is 0 Å². The van der Waals surface area contributed by atoms with Gasteiger partial charge in [-0.15, -0.1) is 0 Å². The Labute approximate surface area is 135 Å². The van der Waals surface area contributed by atoms with Crippen molar-refractivity contribution in [3.05, 3.63) is 40.9 Å².